The molecule has 1 atom stereocenters. The topological polar surface area (TPSA) is 76.4 Å². The van der Waals surface area contributed by atoms with Crippen LogP contribution in [0.1, 0.15) is 17.8 Å². The Kier molecular flexibility index (Phi) is 5.36. The van der Waals surface area contributed by atoms with Crippen LogP contribution in [0.15, 0.2) is 36.7 Å². The molecule has 0 saturated heterocycles. The van der Waals surface area contributed by atoms with Gasteiger partial charge >= 0.3 is 6.18 Å². The van der Waals surface area contributed by atoms with Crippen LogP contribution in [0.5, 0.6) is 5.75 Å². The average Bonchev–Trinajstić information content (AvgIpc) is 2.99. The minimum Gasteiger partial charge on any atom is -0.497 e. The van der Waals surface area contributed by atoms with E-state index in [1.165, 1.54) is 20.4 Å². The number of alkyl halides is 3. The predicted molar refractivity (Wildman–Crippen MR) is 82.6 cm³/mol. The lowest BCUT2D eigenvalue weighted by Gasteiger charge is -2.29. The lowest BCUT2D eigenvalue weighted by Crippen LogP contribution is -2.47. The number of rotatable bonds is 6. The molecule has 0 fully saturated rings. The molecule has 6 nitrogen and oxygen atoms in total. The van der Waals surface area contributed by atoms with Gasteiger partial charge in [-0.15, -0.1) is 0 Å². The van der Waals surface area contributed by atoms with E-state index in [1.807, 2.05) is 0 Å². The van der Waals surface area contributed by atoms with E-state index in [-0.39, 0.29) is 6.54 Å². The monoisotopic (exact) mass is 357 g/mol. The van der Waals surface area contributed by atoms with E-state index in [2.05, 4.69) is 10.3 Å². The number of amides is 1. The molecule has 2 aromatic rings. The number of benzene rings is 1. The second-order valence-electron chi connectivity index (χ2n) is 5.52. The molecule has 0 aliphatic rings. The van der Waals surface area contributed by atoms with Crippen molar-refractivity contribution in [2.75, 3.05) is 7.11 Å². The molecule has 0 aliphatic carbocycles. The van der Waals surface area contributed by atoms with Crippen LogP contribution in [-0.2, 0) is 24.0 Å². The van der Waals surface area contributed by atoms with Crippen LogP contribution in [0, 0.1) is 0 Å². The smallest absolute Gasteiger partial charge is 0.425 e. The van der Waals surface area contributed by atoms with Gasteiger partial charge in [-0.3, -0.25) is 4.79 Å². The maximum Gasteiger partial charge on any atom is 0.425 e. The summed E-state index contributed by atoms with van der Waals surface area (Å²) in [5, 5.41) is 12.5. The number of aromatic nitrogens is 2. The first-order valence-corrected chi connectivity index (χ1v) is 7.34. The van der Waals surface area contributed by atoms with Crippen LogP contribution in [-0.4, -0.2) is 33.9 Å². The molecular formula is C16H18F3N3O3. The molecule has 1 aromatic carbocycles. The molecule has 0 radical (unpaired) electrons. The van der Waals surface area contributed by atoms with Crippen molar-refractivity contribution in [3.05, 3.63) is 48.0 Å². The van der Waals surface area contributed by atoms with E-state index in [0.29, 0.717) is 11.3 Å². The number of imidazole rings is 1. The summed E-state index contributed by atoms with van der Waals surface area (Å²) in [6.45, 7) is 0.0251. The first-order chi connectivity index (χ1) is 11.7. The van der Waals surface area contributed by atoms with Crippen molar-refractivity contribution in [1.82, 2.24) is 14.9 Å². The van der Waals surface area contributed by atoms with Crippen LogP contribution < -0.4 is 10.1 Å². The van der Waals surface area contributed by atoms with E-state index in [1.54, 1.807) is 24.3 Å². The Morgan fingerprint density at radius 1 is 1.32 bits per heavy atom. The van der Waals surface area contributed by atoms with Gasteiger partial charge in [0.1, 0.15) is 5.75 Å². The Hall–Kier alpha value is -2.55. The van der Waals surface area contributed by atoms with E-state index >= 15 is 0 Å². The van der Waals surface area contributed by atoms with Gasteiger partial charge in [0, 0.05) is 26.0 Å². The number of carbonyl (C=O) groups excluding carboxylic acids is 1. The minimum absolute atomic E-state index is 0.0251. The summed E-state index contributed by atoms with van der Waals surface area (Å²) in [5.41, 5.74) is -2.68. The molecule has 25 heavy (non-hydrogen) atoms. The number of hydrogen-bond donors (Lipinski definition) is 2. The maximum absolute atomic E-state index is 13.4. The fourth-order valence-electron chi connectivity index (χ4n) is 2.31. The van der Waals surface area contributed by atoms with Crippen molar-refractivity contribution < 1.29 is 27.8 Å². The summed E-state index contributed by atoms with van der Waals surface area (Å²) in [6, 6.07) is 6.69. The number of methoxy groups -OCH3 is 1. The second-order valence-corrected chi connectivity index (χ2v) is 5.52. The maximum atomic E-state index is 13.4. The molecule has 136 valence electrons. The van der Waals surface area contributed by atoms with Gasteiger partial charge in [-0.25, -0.2) is 4.98 Å². The Balaban J connectivity index is 2.08. The fraction of sp³-hybridized carbons (Fsp3) is 0.375. The van der Waals surface area contributed by atoms with E-state index in [9.17, 15) is 23.1 Å². The van der Waals surface area contributed by atoms with Gasteiger partial charge < -0.3 is 19.7 Å². The van der Waals surface area contributed by atoms with Gasteiger partial charge in [0.25, 0.3) is 0 Å². The average molecular weight is 357 g/mol. The summed E-state index contributed by atoms with van der Waals surface area (Å²) < 4.78 is 46.1. The molecule has 2 rings (SSSR count). The summed E-state index contributed by atoms with van der Waals surface area (Å²) in [4.78, 5) is 15.5. The highest BCUT2D eigenvalue weighted by Crippen LogP contribution is 2.40. The largest absolute Gasteiger partial charge is 0.497 e. The van der Waals surface area contributed by atoms with Gasteiger partial charge in [0.2, 0.25) is 11.5 Å². The predicted octanol–water partition coefficient (Wildman–Crippen LogP) is 1.89. The Morgan fingerprint density at radius 3 is 2.44 bits per heavy atom. The summed E-state index contributed by atoms with van der Waals surface area (Å²) in [6.07, 6.45) is -3.84. The highest BCUT2D eigenvalue weighted by molar-refractivity contribution is 5.77. The molecule has 0 aliphatic heterocycles. The molecule has 0 unspecified atom stereocenters. The summed E-state index contributed by atoms with van der Waals surface area (Å²) >= 11 is 0. The Morgan fingerprint density at radius 2 is 1.96 bits per heavy atom. The number of halogens is 3. The number of nitrogens with zero attached hydrogens (tertiary/aromatic N) is 2. The standard InChI is InChI=1S/C16H18F3N3O3/c1-22-8-7-20-14(22)15(24,16(17,18)19)9-13(23)21-10-11-3-5-12(25-2)6-4-11/h3-8,24H,9-10H2,1-2H3,(H,21,23)/t15-/m1/s1. The third-order valence-corrected chi connectivity index (χ3v) is 3.73. The fourth-order valence-corrected chi connectivity index (χ4v) is 2.31. The van der Waals surface area contributed by atoms with E-state index in [0.717, 1.165) is 10.8 Å². The first-order valence-electron chi connectivity index (χ1n) is 7.34. The van der Waals surface area contributed by atoms with Crippen molar-refractivity contribution in [1.29, 1.82) is 0 Å². The zero-order valence-corrected chi connectivity index (χ0v) is 13.7. The molecule has 0 bridgehead atoms. The van der Waals surface area contributed by atoms with Crippen molar-refractivity contribution >= 4 is 5.91 Å². The van der Waals surface area contributed by atoms with Crippen LogP contribution in [0.3, 0.4) is 0 Å². The third kappa shape index (κ3) is 4.11. The van der Waals surface area contributed by atoms with Gasteiger partial charge in [0.05, 0.1) is 13.5 Å². The number of hydrogen-bond acceptors (Lipinski definition) is 4. The molecule has 0 saturated carbocycles. The highest BCUT2D eigenvalue weighted by Gasteiger charge is 2.58. The lowest BCUT2D eigenvalue weighted by molar-refractivity contribution is -0.271. The zero-order chi connectivity index (χ0) is 18.7. The third-order valence-electron chi connectivity index (χ3n) is 3.73. The number of nitrogens with one attached hydrogen (secondary N) is 1. The summed E-state index contributed by atoms with van der Waals surface area (Å²) in [5.74, 6) is -0.963. The van der Waals surface area contributed by atoms with Crippen molar-refractivity contribution in [3.63, 3.8) is 0 Å². The second kappa shape index (κ2) is 7.14. The first kappa shape index (κ1) is 18.8. The van der Waals surface area contributed by atoms with Crippen molar-refractivity contribution in [3.8, 4) is 5.75 Å². The molecule has 1 amide bonds. The number of ether oxygens (including phenoxy) is 1. The zero-order valence-electron chi connectivity index (χ0n) is 13.7. The number of aryl methyl sites for hydroxylation is 1. The van der Waals surface area contributed by atoms with Gasteiger partial charge in [-0.05, 0) is 17.7 Å². The van der Waals surface area contributed by atoms with Gasteiger partial charge in [0.15, 0.2) is 5.82 Å². The van der Waals surface area contributed by atoms with Crippen LogP contribution in [0.25, 0.3) is 0 Å². The number of carbonyl (C=O) groups is 1. The van der Waals surface area contributed by atoms with Crippen molar-refractivity contribution in [2.24, 2.45) is 7.05 Å². The molecular weight excluding hydrogens is 339 g/mol. The summed E-state index contributed by atoms with van der Waals surface area (Å²) in [7, 11) is 2.82. The van der Waals surface area contributed by atoms with Crippen LogP contribution >= 0.6 is 0 Å². The quantitative estimate of drug-likeness (QED) is 0.828. The Labute approximate surface area is 142 Å². The molecule has 9 heteroatoms. The molecule has 1 heterocycles. The normalized spacial score (nSPS) is 14.0. The molecule has 0 spiro atoms. The van der Waals surface area contributed by atoms with Crippen LogP contribution in [0.4, 0.5) is 13.2 Å². The van der Waals surface area contributed by atoms with Gasteiger partial charge in [-0.1, -0.05) is 12.1 Å². The number of aliphatic hydroxyl groups is 1. The SMILES string of the molecule is COc1ccc(CNC(=O)C[C@@](O)(c2nccn2C)C(F)(F)F)cc1. The van der Waals surface area contributed by atoms with E-state index in [4.69, 9.17) is 4.74 Å². The molecule has 1 aromatic heterocycles. The van der Waals surface area contributed by atoms with Crippen LogP contribution in [0.2, 0.25) is 0 Å². The van der Waals surface area contributed by atoms with E-state index < -0.39 is 29.9 Å². The van der Waals surface area contributed by atoms with Gasteiger partial charge in [-0.2, -0.15) is 13.2 Å². The lowest BCUT2D eigenvalue weighted by atomic mass is 9.97. The molecule has 2 N–H and O–H groups in total. The highest BCUT2D eigenvalue weighted by atomic mass is 19.4. The minimum atomic E-state index is -5.05. The van der Waals surface area contributed by atoms with Crippen molar-refractivity contribution in [2.45, 2.75) is 24.7 Å². The Bertz CT molecular complexity index is 728.